The van der Waals surface area contributed by atoms with Gasteiger partial charge in [-0.25, -0.2) is 13.4 Å². The lowest BCUT2D eigenvalue weighted by Crippen LogP contribution is -2.24. The number of sulfonamides is 1. The van der Waals surface area contributed by atoms with Gasteiger partial charge in [0.1, 0.15) is 5.82 Å². The van der Waals surface area contributed by atoms with Gasteiger partial charge in [-0.2, -0.15) is 0 Å². The SMILES string of the molecule is O=C(Nc1ccc(S(=O)(=O)Nc2ccccn2)cc1)C1CCCCC1. The predicted molar refractivity (Wildman–Crippen MR) is 96.7 cm³/mol. The number of nitrogens with zero attached hydrogens (tertiary/aromatic N) is 1. The van der Waals surface area contributed by atoms with Gasteiger partial charge in [0.25, 0.3) is 10.0 Å². The average Bonchev–Trinajstić information content (AvgIpc) is 2.63. The number of hydrogen-bond acceptors (Lipinski definition) is 4. The Bertz CT molecular complexity index is 814. The van der Waals surface area contributed by atoms with E-state index in [1.54, 1.807) is 30.3 Å². The molecule has 0 spiro atoms. The molecule has 2 aromatic rings. The predicted octanol–water partition coefficient (Wildman–Crippen LogP) is 3.40. The number of anilines is 2. The van der Waals surface area contributed by atoms with Crippen molar-refractivity contribution in [3.63, 3.8) is 0 Å². The Hall–Kier alpha value is -2.41. The van der Waals surface area contributed by atoms with Crippen molar-refractivity contribution in [2.45, 2.75) is 37.0 Å². The van der Waals surface area contributed by atoms with Crippen molar-refractivity contribution in [2.75, 3.05) is 10.0 Å². The van der Waals surface area contributed by atoms with E-state index in [1.165, 1.54) is 24.8 Å². The van der Waals surface area contributed by atoms with Crippen molar-refractivity contribution >= 4 is 27.4 Å². The summed E-state index contributed by atoms with van der Waals surface area (Å²) in [6.45, 7) is 0. The molecule has 0 unspecified atom stereocenters. The van der Waals surface area contributed by atoms with Crippen LogP contribution in [-0.2, 0) is 14.8 Å². The van der Waals surface area contributed by atoms with Gasteiger partial charge < -0.3 is 5.32 Å². The second kappa shape index (κ2) is 7.65. The molecule has 1 amide bonds. The van der Waals surface area contributed by atoms with Crippen LogP contribution in [0.5, 0.6) is 0 Å². The molecule has 1 saturated carbocycles. The van der Waals surface area contributed by atoms with Crippen molar-refractivity contribution in [1.29, 1.82) is 0 Å². The third-order valence-electron chi connectivity index (χ3n) is 4.31. The van der Waals surface area contributed by atoms with Crippen LogP contribution in [0.4, 0.5) is 11.5 Å². The number of pyridine rings is 1. The Morgan fingerprint density at radius 1 is 1.00 bits per heavy atom. The van der Waals surface area contributed by atoms with Crippen molar-refractivity contribution < 1.29 is 13.2 Å². The summed E-state index contributed by atoms with van der Waals surface area (Å²) < 4.78 is 27.1. The zero-order valence-corrected chi connectivity index (χ0v) is 14.6. The molecule has 132 valence electrons. The maximum absolute atomic E-state index is 12.3. The second-order valence-electron chi connectivity index (χ2n) is 6.17. The summed E-state index contributed by atoms with van der Waals surface area (Å²) >= 11 is 0. The number of nitrogens with one attached hydrogen (secondary N) is 2. The minimum absolute atomic E-state index is 0.0157. The Labute approximate surface area is 147 Å². The minimum atomic E-state index is -3.70. The van der Waals surface area contributed by atoms with E-state index < -0.39 is 10.0 Å². The molecule has 1 aromatic carbocycles. The minimum Gasteiger partial charge on any atom is -0.326 e. The van der Waals surface area contributed by atoms with Crippen LogP contribution in [0, 0.1) is 5.92 Å². The largest absolute Gasteiger partial charge is 0.326 e. The molecule has 0 aliphatic heterocycles. The van der Waals surface area contributed by atoms with Crippen molar-refractivity contribution in [2.24, 2.45) is 5.92 Å². The first-order valence-electron chi connectivity index (χ1n) is 8.39. The second-order valence-corrected chi connectivity index (χ2v) is 7.85. The zero-order chi connectivity index (χ0) is 17.7. The first-order chi connectivity index (χ1) is 12.0. The highest BCUT2D eigenvalue weighted by molar-refractivity contribution is 7.92. The van der Waals surface area contributed by atoms with Crippen LogP contribution >= 0.6 is 0 Å². The fraction of sp³-hybridized carbons (Fsp3) is 0.333. The summed E-state index contributed by atoms with van der Waals surface area (Å²) in [5.41, 5.74) is 0.604. The van der Waals surface area contributed by atoms with Crippen LogP contribution in [0.3, 0.4) is 0 Å². The molecule has 0 atom stereocenters. The van der Waals surface area contributed by atoms with E-state index in [-0.39, 0.29) is 22.5 Å². The van der Waals surface area contributed by atoms with Crippen LogP contribution in [0.1, 0.15) is 32.1 Å². The Balaban J connectivity index is 1.66. The van der Waals surface area contributed by atoms with Gasteiger partial charge in [0.05, 0.1) is 4.90 Å². The van der Waals surface area contributed by atoms with Crippen LogP contribution in [0.15, 0.2) is 53.6 Å². The smallest absolute Gasteiger partial charge is 0.263 e. The van der Waals surface area contributed by atoms with Crippen molar-refractivity contribution in [1.82, 2.24) is 4.98 Å². The highest BCUT2D eigenvalue weighted by Crippen LogP contribution is 2.25. The maximum Gasteiger partial charge on any atom is 0.263 e. The molecule has 7 heteroatoms. The summed E-state index contributed by atoms with van der Waals surface area (Å²) in [7, 11) is -3.70. The fourth-order valence-electron chi connectivity index (χ4n) is 2.95. The topological polar surface area (TPSA) is 88.2 Å². The third-order valence-corrected chi connectivity index (χ3v) is 5.68. The molecule has 1 aromatic heterocycles. The monoisotopic (exact) mass is 359 g/mol. The molecule has 0 saturated heterocycles. The van der Waals surface area contributed by atoms with E-state index in [4.69, 9.17) is 0 Å². The fourth-order valence-corrected chi connectivity index (χ4v) is 3.95. The summed E-state index contributed by atoms with van der Waals surface area (Å²) in [4.78, 5) is 16.3. The number of hydrogen-bond donors (Lipinski definition) is 2. The highest BCUT2D eigenvalue weighted by Gasteiger charge is 2.21. The van der Waals surface area contributed by atoms with E-state index in [1.807, 2.05) is 0 Å². The lowest BCUT2D eigenvalue weighted by atomic mass is 9.88. The molecular formula is C18H21N3O3S. The molecule has 1 aliphatic carbocycles. The van der Waals surface area contributed by atoms with Crippen molar-refractivity contribution in [3.8, 4) is 0 Å². The van der Waals surface area contributed by atoms with E-state index in [2.05, 4.69) is 15.0 Å². The standard InChI is InChI=1S/C18H21N3O3S/c22-18(14-6-2-1-3-7-14)20-15-9-11-16(12-10-15)25(23,24)21-17-8-4-5-13-19-17/h4-5,8-14H,1-3,6-7H2,(H,19,21)(H,20,22). The summed E-state index contributed by atoms with van der Waals surface area (Å²) in [6, 6.07) is 11.2. The molecule has 25 heavy (non-hydrogen) atoms. The quantitative estimate of drug-likeness (QED) is 0.856. The van der Waals surface area contributed by atoms with Crippen molar-refractivity contribution in [3.05, 3.63) is 48.7 Å². The van der Waals surface area contributed by atoms with Gasteiger partial charge in [0.15, 0.2) is 0 Å². The summed E-state index contributed by atoms with van der Waals surface area (Å²) in [5, 5.41) is 2.87. The van der Waals surface area contributed by atoms with Gasteiger partial charge in [-0.3, -0.25) is 9.52 Å². The first-order valence-corrected chi connectivity index (χ1v) is 9.88. The van der Waals surface area contributed by atoms with E-state index in [0.29, 0.717) is 5.69 Å². The Morgan fingerprint density at radius 3 is 2.36 bits per heavy atom. The molecular weight excluding hydrogens is 338 g/mol. The molecule has 1 aliphatic rings. The van der Waals surface area contributed by atoms with Crippen LogP contribution in [0.2, 0.25) is 0 Å². The number of amides is 1. The van der Waals surface area contributed by atoms with Gasteiger partial charge in [0, 0.05) is 17.8 Å². The number of carbonyl (C=O) groups excluding carboxylic acids is 1. The number of carbonyl (C=O) groups is 1. The van der Waals surface area contributed by atoms with E-state index in [0.717, 1.165) is 25.7 Å². The summed E-state index contributed by atoms with van der Waals surface area (Å²) in [5.74, 6) is 0.335. The van der Waals surface area contributed by atoms with Crippen LogP contribution < -0.4 is 10.0 Å². The first kappa shape index (κ1) is 17.4. The zero-order valence-electron chi connectivity index (χ0n) is 13.8. The number of rotatable bonds is 5. The van der Waals surface area contributed by atoms with Gasteiger partial charge in [0.2, 0.25) is 5.91 Å². The molecule has 2 N–H and O–H groups in total. The normalized spacial score (nSPS) is 15.5. The van der Waals surface area contributed by atoms with Gasteiger partial charge in [-0.1, -0.05) is 25.3 Å². The Kier molecular flexibility index (Phi) is 5.33. The van der Waals surface area contributed by atoms with Crippen LogP contribution in [0.25, 0.3) is 0 Å². The van der Waals surface area contributed by atoms with Gasteiger partial charge in [-0.15, -0.1) is 0 Å². The highest BCUT2D eigenvalue weighted by atomic mass is 32.2. The molecule has 0 radical (unpaired) electrons. The molecule has 1 heterocycles. The van der Waals surface area contributed by atoms with E-state index in [9.17, 15) is 13.2 Å². The molecule has 3 rings (SSSR count). The third kappa shape index (κ3) is 4.57. The average molecular weight is 359 g/mol. The number of benzene rings is 1. The van der Waals surface area contributed by atoms with Crippen LogP contribution in [-0.4, -0.2) is 19.3 Å². The summed E-state index contributed by atoms with van der Waals surface area (Å²) in [6.07, 6.45) is 6.74. The lowest BCUT2D eigenvalue weighted by Gasteiger charge is -2.20. The maximum atomic E-state index is 12.3. The lowest BCUT2D eigenvalue weighted by molar-refractivity contribution is -0.120. The van der Waals surface area contributed by atoms with E-state index >= 15 is 0 Å². The molecule has 6 nitrogen and oxygen atoms in total. The van der Waals surface area contributed by atoms with Gasteiger partial charge >= 0.3 is 0 Å². The molecule has 1 fully saturated rings. The number of aromatic nitrogens is 1. The van der Waals surface area contributed by atoms with Gasteiger partial charge in [-0.05, 0) is 49.2 Å². The molecule has 0 bridgehead atoms. The Morgan fingerprint density at radius 2 is 1.72 bits per heavy atom.